The molecule has 9 heteroatoms. The molecule has 0 bridgehead atoms. The lowest BCUT2D eigenvalue weighted by molar-refractivity contribution is -0.384. The van der Waals surface area contributed by atoms with Gasteiger partial charge in [-0.1, -0.05) is 59.8 Å². The lowest BCUT2D eigenvalue weighted by Gasteiger charge is -2.18. The van der Waals surface area contributed by atoms with Crippen molar-refractivity contribution < 1.29 is 13.3 Å². The van der Waals surface area contributed by atoms with E-state index in [-0.39, 0.29) is 22.4 Å². The van der Waals surface area contributed by atoms with E-state index in [9.17, 15) is 18.5 Å². The minimum Gasteiger partial charge on any atom is -0.258 e. The molecule has 0 radical (unpaired) electrons. The fourth-order valence-electron chi connectivity index (χ4n) is 3.17. The Morgan fingerprint density at radius 3 is 2.26 bits per heavy atom. The average Bonchev–Trinajstić information content (AvgIpc) is 3.20. The maximum absolute atomic E-state index is 13.4. The summed E-state index contributed by atoms with van der Waals surface area (Å²) in [6.07, 6.45) is 0. The number of amidine groups is 1. The monoisotopic (exact) mass is 453 g/mol. The molecule has 1 atom stereocenters. The van der Waals surface area contributed by atoms with Crippen LogP contribution in [0.4, 0.5) is 11.4 Å². The van der Waals surface area contributed by atoms with Gasteiger partial charge in [0.05, 0.1) is 27.3 Å². The fraction of sp³-hybridized carbons (Fsp3) is 0.136. The number of nitro groups is 1. The van der Waals surface area contributed by atoms with Crippen LogP contribution in [0.25, 0.3) is 0 Å². The highest BCUT2D eigenvalue weighted by Crippen LogP contribution is 2.41. The molecule has 1 aliphatic heterocycles. The summed E-state index contributed by atoms with van der Waals surface area (Å²) in [6, 6.07) is 22.1. The summed E-state index contributed by atoms with van der Waals surface area (Å²) < 4.78 is 28.1. The maximum Gasteiger partial charge on any atom is 0.269 e. The molecule has 7 nitrogen and oxygen atoms in total. The summed E-state index contributed by atoms with van der Waals surface area (Å²) in [6.45, 7) is 2.14. The number of benzene rings is 3. The summed E-state index contributed by atoms with van der Waals surface area (Å²) in [5, 5.41) is 11.1. The molecule has 4 rings (SSSR count). The molecule has 3 aromatic rings. The first-order valence-corrected chi connectivity index (χ1v) is 11.8. The molecule has 0 saturated carbocycles. The molecule has 0 N–H and O–H groups in total. The molecular weight excluding hydrogens is 434 g/mol. The van der Waals surface area contributed by atoms with Crippen LogP contribution >= 0.6 is 11.8 Å². The average molecular weight is 454 g/mol. The SMILES string of the molecule is Cc1ccc(S(=O)(=O)N2C[C@@H](c3ccccc3)SC2=Nc2ccc([N+](=O)[O-])cc2)cc1. The molecule has 3 aromatic carbocycles. The highest BCUT2D eigenvalue weighted by Gasteiger charge is 2.38. The van der Waals surface area contributed by atoms with E-state index in [2.05, 4.69) is 4.99 Å². The first kappa shape index (κ1) is 21.1. The molecule has 31 heavy (non-hydrogen) atoms. The van der Waals surface area contributed by atoms with E-state index >= 15 is 0 Å². The summed E-state index contributed by atoms with van der Waals surface area (Å²) in [5.74, 6) is 0. The van der Waals surface area contributed by atoms with Crippen molar-refractivity contribution in [3.63, 3.8) is 0 Å². The number of sulfonamides is 1. The summed E-state index contributed by atoms with van der Waals surface area (Å²) in [4.78, 5) is 15.1. The Kier molecular flexibility index (Phi) is 5.79. The summed E-state index contributed by atoms with van der Waals surface area (Å²) >= 11 is 1.36. The highest BCUT2D eigenvalue weighted by atomic mass is 32.2. The van der Waals surface area contributed by atoms with Crippen LogP contribution in [0.2, 0.25) is 0 Å². The zero-order valence-electron chi connectivity index (χ0n) is 16.6. The third-order valence-corrected chi connectivity index (χ3v) is 7.97. The van der Waals surface area contributed by atoms with Gasteiger partial charge in [-0.25, -0.2) is 17.7 Å². The molecule has 0 aliphatic carbocycles. The maximum atomic E-state index is 13.4. The quantitative estimate of drug-likeness (QED) is 0.397. The van der Waals surface area contributed by atoms with Crippen LogP contribution in [0.1, 0.15) is 16.4 Å². The third-order valence-electron chi connectivity index (χ3n) is 4.86. The van der Waals surface area contributed by atoms with Gasteiger partial charge in [-0.15, -0.1) is 0 Å². The topological polar surface area (TPSA) is 92.9 Å². The van der Waals surface area contributed by atoms with Gasteiger partial charge in [0.25, 0.3) is 15.7 Å². The van der Waals surface area contributed by atoms with E-state index < -0.39 is 14.9 Å². The molecule has 158 valence electrons. The number of hydrogen-bond acceptors (Lipinski definition) is 6. The molecular formula is C22H19N3O4S2. The van der Waals surface area contributed by atoms with E-state index in [1.165, 1.54) is 40.3 Å². The van der Waals surface area contributed by atoms with E-state index in [4.69, 9.17) is 0 Å². The van der Waals surface area contributed by atoms with Gasteiger partial charge < -0.3 is 0 Å². The van der Waals surface area contributed by atoms with E-state index in [1.807, 2.05) is 37.3 Å². The van der Waals surface area contributed by atoms with Gasteiger partial charge in [0.15, 0.2) is 5.17 Å². The Hall–Kier alpha value is -3.17. The van der Waals surface area contributed by atoms with Crippen molar-refractivity contribution in [2.24, 2.45) is 4.99 Å². The number of rotatable bonds is 5. The number of non-ortho nitro benzene ring substituents is 1. The second-order valence-corrected chi connectivity index (χ2v) is 10.1. The van der Waals surface area contributed by atoms with Crippen molar-refractivity contribution in [1.29, 1.82) is 0 Å². The van der Waals surface area contributed by atoms with Crippen molar-refractivity contribution in [3.05, 3.63) is 100 Å². The van der Waals surface area contributed by atoms with Crippen LogP contribution in [0.15, 0.2) is 88.8 Å². The number of thioether (sulfide) groups is 1. The van der Waals surface area contributed by atoms with Gasteiger partial charge >= 0.3 is 0 Å². The predicted molar refractivity (Wildman–Crippen MR) is 122 cm³/mol. The Morgan fingerprint density at radius 2 is 1.65 bits per heavy atom. The lowest BCUT2D eigenvalue weighted by Crippen LogP contribution is -2.32. The minimum atomic E-state index is -3.81. The largest absolute Gasteiger partial charge is 0.269 e. The van der Waals surface area contributed by atoms with E-state index in [0.29, 0.717) is 10.9 Å². The fourth-order valence-corrected chi connectivity index (χ4v) is 6.14. The molecule has 1 fully saturated rings. The first-order valence-electron chi connectivity index (χ1n) is 9.49. The molecule has 0 spiro atoms. The van der Waals surface area contributed by atoms with E-state index in [1.54, 1.807) is 24.3 Å². The number of nitrogens with zero attached hydrogens (tertiary/aromatic N) is 3. The molecule has 0 amide bonds. The minimum absolute atomic E-state index is 0.0469. The van der Waals surface area contributed by atoms with Gasteiger partial charge in [0.2, 0.25) is 0 Å². The van der Waals surface area contributed by atoms with Gasteiger partial charge in [0.1, 0.15) is 0 Å². The van der Waals surface area contributed by atoms with Crippen LogP contribution in [0, 0.1) is 17.0 Å². The van der Waals surface area contributed by atoms with Gasteiger partial charge in [-0.05, 0) is 36.8 Å². The first-order chi connectivity index (χ1) is 14.8. The second kappa shape index (κ2) is 8.52. The van der Waals surface area contributed by atoms with Crippen LogP contribution in [0.3, 0.4) is 0 Å². The van der Waals surface area contributed by atoms with Crippen LogP contribution in [-0.2, 0) is 10.0 Å². The van der Waals surface area contributed by atoms with Crippen LogP contribution in [0.5, 0.6) is 0 Å². The van der Waals surface area contributed by atoms with Gasteiger partial charge in [-0.2, -0.15) is 0 Å². The Bertz CT molecular complexity index is 1230. The smallest absolute Gasteiger partial charge is 0.258 e. The normalized spacial score (nSPS) is 17.8. The third kappa shape index (κ3) is 4.47. The zero-order chi connectivity index (χ0) is 22.0. The van der Waals surface area contributed by atoms with Gasteiger partial charge in [0, 0.05) is 12.1 Å². The Balaban J connectivity index is 1.74. The molecule has 0 aromatic heterocycles. The summed E-state index contributed by atoms with van der Waals surface area (Å²) in [5.41, 5.74) is 2.38. The number of aryl methyl sites for hydroxylation is 1. The number of nitro benzene ring substituents is 1. The van der Waals surface area contributed by atoms with E-state index in [0.717, 1.165) is 11.1 Å². The van der Waals surface area contributed by atoms with Crippen LogP contribution < -0.4 is 0 Å². The van der Waals surface area contributed by atoms with Crippen LogP contribution in [-0.4, -0.2) is 29.4 Å². The molecule has 1 aliphatic rings. The molecule has 1 heterocycles. The van der Waals surface area contributed by atoms with Gasteiger partial charge in [-0.3, -0.25) is 10.1 Å². The van der Waals surface area contributed by atoms with Crippen molar-refractivity contribution in [1.82, 2.24) is 4.31 Å². The highest BCUT2D eigenvalue weighted by molar-refractivity contribution is 8.15. The Labute approximate surface area is 184 Å². The summed E-state index contributed by atoms with van der Waals surface area (Å²) in [7, 11) is -3.81. The number of hydrogen-bond donors (Lipinski definition) is 0. The molecule has 1 saturated heterocycles. The Morgan fingerprint density at radius 1 is 1.00 bits per heavy atom. The standard InChI is InChI=1S/C22H19N3O4S2/c1-16-7-13-20(14-8-16)31(28,29)24-15-21(17-5-3-2-4-6-17)30-22(24)23-18-9-11-19(12-10-18)25(26)27/h2-14,21H,15H2,1H3/t21-/m0/s1. The second-order valence-electron chi connectivity index (χ2n) is 7.03. The number of aliphatic imine (C=N–C) groups is 1. The van der Waals surface area contributed by atoms with Crippen molar-refractivity contribution in [3.8, 4) is 0 Å². The lowest BCUT2D eigenvalue weighted by atomic mass is 10.1. The predicted octanol–water partition coefficient (Wildman–Crippen LogP) is 5.07. The molecule has 0 unspecified atom stereocenters. The van der Waals surface area contributed by atoms with Crippen molar-refractivity contribution in [2.45, 2.75) is 17.1 Å². The zero-order valence-corrected chi connectivity index (χ0v) is 18.2. The van der Waals surface area contributed by atoms with Crippen molar-refractivity contribution in [2.75, 3.05) is 6.54 Å². The van der Waals surface area contributed by atoms with Crippen molar-refractivity contribution >= 4 is 38.3 Å².